The normalized spacial score (nSPS) is 19.6. The number of hydrogen-bond acceptors (Lipinski definition) is 5. The fourth-order valence-electron chi connectivity index (χ4n) is 2.03. The quantitative estimate of drug-likeness (QED) is 0.808. The molecule has 0 amide bonds. The molecule has 0 saturated carbocycles. The highest BCUT2D eigenvalue weighted by molar-refractivity contribution is 5.46. The predicted octanol–water partition coefficient (Wildman–Crippen LogP) is 1.64. The van der Waals surface area contributed by atoms with Crippen LogP contribution in [0.1, 0.15) is 18.4 Å². The molecule has 2 rings (SSSR count). The lowest BCUT2D eigenvalue weighted by Crippen LogP contribution is -2.28. The molecule has 1 fully saturated rings. The molecule has 1 heterocycles. The molecule has 1 aliphatic rings. The molecule has 0 aliphatic carbocycles. The summed E-state index contributed by atoms with van der Waals surface area (Å²) in [5.74, 6) is 6.52. The first-order valence-corrected chi connectivity index (χ1v) is 6.07. The zero-order chi connectivity index (χ0) is 12.8. The first kappa shape index (κ1) is 13.1. The van der Waals surface area contributed by atoms with Crippen LogP contribution in [-0.2, 0) is 16.2 Å². The maximum atomic E-state index is 5.98. The van der Waals surface area contributed by atoms with Gasteiger partial charge in [0.1, 0.15) is 6.10 Å². The summed E-state index contributed by atoms with van der Waals surface area (Å²) in [7, 11) is 1.62. The van der Waals surface area contributed by atoms with E-state index in [2.05, 4.69) is 0 Å². The van der Waals surface area contributed by atoms with Gasteiger partial charge in [-0.15, -0.1) is 0 Å². The lowest BCUT2D eigenvalue weighted by Gasteiger charge is -2.25. The summed E-state index contributed by atoms with van der Waals surface area (Å²) < 4.78 is 16.7. The molecule has 18 heavy (non-hydrogen) atoms. The van der Waals surface area contributed by atoms with E-state index in [4.69, 9.17) is 24.9 Å². The molecule has 1 aromatic rings. The van der Waals surface area contributed by atoms with Crippen molar-refractivity contribution >= 4 is 0 Å². The lowest BCUT2D eigenvalue weighted by atomic mass is 10.1. The largest absolute Gasteiger partial charge is 0.493 e. The van der Waals surface area contributed by atoms with Gasteiger partial charge in [0.25, 0.3) is 0 Å². The van der Waals surface area contributed by atoms with Gasteiger partial charge in [0.15, 0.2) is 11.5 Å². The number of nitrogens with two attached hydrogens (primary N) is 1. The van der Waals surface area contributed by atoms with Crippen molar-refractivity contribution in [3.8, 4) is 11.5 Å². The van der Waals surface area contributed by atoms with E-state index in [-0.39, 0.29) is 6.10 Å². The number of rotatable bonds is 5. The van der Waals surface area contributed by atoms with Crippen molar-refractivity contribution in [2.24, 2.45) is 5.90 Å². The third-order valence-electron chi connectivity index (χ3n) is 2.92. The minimum atomic E-state index is 0.0616. The number of hydrogen-bond donors (Lipinski definition) is 1. The summed E-state index contributed by atoms with van der Waals surface area (Å²) in [4.78, 5) is 4.69. The van der Waals surface area contributed by atoms with Crippen molar-refractivity contribution in [1.82, 2.24) is 0 Å². The highest BCUT2D eigenvalue weighted by Gasteiger charge is 2.19. The van der Waals surface area contributed by atoms with Crippen molar-refractivity contribution in [3.63, 3.8) is 0 Å². The molecule has 100 valence electrons. The number of ether oxygens (including phenoxy) is 3. The number of methoxy groups -OCH3 is 1. The van der Waals surface area contributed by atoms with Crippen molar-refractivity contribution in [3.05, 3.63) is 23.8 Å². The zero-order valence-electron chi connectivity index (χ0n) is 10.6. The van der Waals surface area contributed by atoms with Crippen molar-refractivity contribution < 1.29 is 19.0 Å². The van der Waals surface area contributed by atoms with E-state index in [1.54, 1.807) is 7.11 Å². The molecule has 5 heteroatoms. The van der Waals surface area contributed by atoms with E-state index in [1.165, 1.54) is 0 Å². The van der Waals surface area contributed by atoms with Gasteiger partial charge in [-0.05, 0) is 18.9 Å². The standard InChI is InChI=1S/C13H19NO4/c1-15-12-6-2-4-10(8-17-14)13(12)18-11-5-3-7-16-9-11/h2,4,6,11H,3,5,7-9,14H2,1H3. The Morgan fingerprint density at radius 2 is 2.33 bits per heavy atom. The summed E-state index contributed by atoms with van der Waals surface area (Å²) in [6.07, 6.45) is 2.07. The second-order valence-corrected chi connectivity index (χ2v) is 4.22. The third-order valence-corrected chi connectivity index (χ3v) is 2.92. The molecule has 0 aromatic heterocycles. The summed E-state index contributed by atoms with van der Waals surface area (Å²) in [5, 5.41) is 0. The lowest BCUT2D eigenvalue weighted by molar-refractivity contribution is 0.00497. The first-order chi connectivity index (χ1) is 8.85. The average Bonchev–Trinajstić information content (AvgIpc) is 2.42. The number of para-hydroxylation sites is 1. The van der Waals surface area contributed by atoms with Crippen LogP contribution in [0.2, 0.25) is 0 Å². The van der Waals surface area contributed by atoms with Gasteiger partial charge >= 0.3 is 0 Å². The van der Waals surface area contributed by atoms with E-state index < -0.39 is 0 Å². The van der Waals surface area contributed by atoms with Gasteiger partial charge in [0.2, 0.25) is 0 Å². The van der Waals surface area contributed by atoms with Crippen LogP contribution in [0.3, 0.4) is 0 Å². The molecule has 0 spiro atoms. The summed E-state index contributed by atoms with van der Waals surface area (Å²) in [5.41, 5.74) is 0.877. The second kappa shape index (κ2) is 6.58. The van der Waals surface area contributed by atoms with E-state index in [9.17, 15) is 0 Å². The third kappa shape index (κ3) is 3.13. The Balaban J connectivity index is 2.16. The van der Waals surface area contributed by atoms with E-state index in [0.29, 0.717) is 24.7 Å². The fourth-order valence-corrected chi connectivity index (χ4v) is 2.03. The highest BCUT2D eigenvalue weighted by atomic mass is 16.6. The molecular formula is C13H19NO4. The van der Waals surface area contributed by atoms with Gasteiger partial charge in [-0.25, -0.2) is 5.90 Å². The minimum absolute atomic E-state index is 0.0616. The van der Waals surface area contributed by atoms with Crippen LogP contribution in [-0.4, -0.2) is 26.4 Å². The average molecular weight is 253 g/mol. The Morgan fingerprint density at radius 1 is 1.44 bits per heavy atom. The van der Waals surface area contributed by atoms with Gasteiger partial charge in [-0.2, -0.15) is 0 Å². The molecule has 1 unspecified atom stereocenters. The number of benzene rings is 1. The molecule has 0 bridgehead atoms. The summed E-state index contributed by atoms with van der Waals surface area (Å²) >= 11 is 0. The van der Waals surface area contributed by atoms with Crippen LogP contribution < -0.4 is 15.4 Å². The Hall–Kier alpha value is -1.30. The Morgan fingerprint density at radius 3 is 3.00 bits per heavy atom. The van der Waals surface area contributed by atoms with Gasteiger partial charge in [-0.3, -0.25) is 4.84 Å². The molecule has 5 nitrogen and oxygen atoms in total. The molecule has 2 N–H and O–H groups in total. The van der Waals surface area contributed by atoms with E-state index in [0.717, 1.165) is 25.0 Å². The van der Waals surface area contributed by atoms with Crippen LogP contribution in [0.4, 0.5) is 0 Å². The fraction of sp³-hybridized carbons (Fsp3) is 0.538. The smallest absolute Gasteiger partial charge is 0.167 e. The van der Waals surface area contributed by atoms with Gasteiger partial charge in [0, 0.05) is 12.2 Å². The maximum absolute atomic E-state index is 5.98. The Labute approximate surface area is 107 Å². The Bertz CT molecular complexity index is 377. The highest BCUT2D eigenvalue weighted by Crippen LogP contribution is 2.33. The molecule has 1 saturated heterocycles. The van der Waals surface area contributed by atoms with Crippen molar-refractivity contribution in [2.45, 2.75) is 25.6 Å². The molecule has 1 aromatic carbocycles. The van der Waals surface area contributed by atoms with Gasteiger partial charge in [-0.1, -0.05) is 12.1 Å². The monoisotopic (exact) mass is 253 g/mol. The van der Waals surface area contributed by atoms with E-state index >= 15 is 0 Å². The van der Waals surface area contributed by atoms with Gasteiger partial charge in [0.05, 0.1) is 20.3 Å². The van der Waals surface area contributed by atoms with Crippen LogP contribution in [0.5, 0.6) is 11.5 Å². The minimum Gasteiger partial charge on any atom is -0.493 e. The van der Waals surface area contributed by atoms with Crippen molar-refractivity contribution in [2.75, 3.05) is 20.3 Å². The zero-order valence-corrected chi connectivity index (χ0v) is 10.6. The van der Waals surface area contributed by atoms with Crippen LogP contribution in [0.15, 0.2) is 18.2 Å². The molecule has 1 aliphatic heterocycles. The first-order valence-electron chi connectivity index (χ1n) is 6.07. The van der Waals surface area contributed by atoms with E-state index in [1.807, 2.05) is 18.2 Å². The molecule has 0 radical (unpaired) electrons. The van der Waals surface area contributed by atoms with Crippen LogP contribution >= 0.6 is 0 Å². The molecular weight excluding hydrogens is 234 g/mol. The Kier molecular flexibility index (Phi) is 4.81. The van der Waals surface area contributed by atoms with Crippen LogP contribution in [0, 0.1) is 0 Å². The van der Waals surface area contributed by atoms with Gasteiger partial charge < -0.3 is 14.2 Å². The maximum Gasteiger partial charge on any atom is 0.167 e. The molecule has 1 atom stereocenters. The summed E-state index contributed by atoms with van der Waals surface area (Å²) in [6.45, 7) is 1.71. The van der Waals surface area contributed by atoms with Crippen LogP contribution in [0.25, 0.3) is 0 Å². The van der Waals surface area contributed by atoms with Crippen molar-refractivity contribution in [1.29, 1.82) is 0 Å². The topological polar surface area (TPSA) is 62.9 Å². The summed E-state index contributed by atoms with van der Waals surface area (Å²) in [6, 6.07) is 5.66. The second-order valence-electron chi connectivity index (χ2n) is 4.22. The SMILES string of the molecule is COc1cccc(CON)c1OC1CCCOC1. The predicted molar refractivity (Wildman–Crippen MR) is 66.4 cm³/mol.